The number of aromatic nitrogens is 2. The molecule has 0 fully saturated rings. The van der Waals surface area contributed by atoms with Crippen LogP contribution in [-0.2, 0) is 14.9 Å². The Labute approximate surface area is 111 Å². The Morgan fingerprint density at radius 1 is 1.50 bits per heavy atom. The molecule has 0 aliphatic heterocycles. The third kappa shape index (κ3) is 4.15. The van der Waals surface area contributed by atoms with E-state index in [2.05, 4.69) is 20.1 Å². The normalized spacial score (nSPS) is 11.2. The summed E-state index contributed by atoms with van der Waals surface area (Å²) in [6.07, 6.45) is 0. The predicted octanol–water partition coefficient (Wildman–Crippen LogP) is 1.32. The van der Waals surface area contributed by atoms with Crippen LogP contribution in [-0.4, -0.2) is 28.8 Å². The second-order valence-corrected chi connectivity index (χ2v) is 5.67. The van der Waals surface area contributed by atoms with Crippen LogP contribution in [0.5, 0.6) is 0 Å². The number of esters is 1. The molecule has 0 saturated heterocycles. The molecular weight excluding hydrogens is 252 g/mol. The van der Waals surface area contributed by atoms with Crippen LogP contribution in [0.25, 0.3) is 0 Å². The van der Waals surface area contributed by atoms with E-state index in [-0.39, 0.29) is 17.1 Å². The molecule has 1 heterocycles. The maximum Gasteiger partial charge on any atom is 0.316 e. The number of hydrogen-bond acceptors (Lipinski definition) is 7. The highest BCUT2D eigenvalue weighted by Crippen LogP contribution is 2.24. The van der Waals surface area contributed by atoms with Crippen LogP contribution < -0.4 is 11.3 Å². The molecule has 0 radical (unpaired) electrons. The number of nitrogens with two attached hydrogens (primary N) is 1. The lowest BCUT2D eigenvalue weighted by Gasteiger charge is -2.18. The van der Waals surface area contributed by atoms with Gasteiger partial charge in [0.05, 0.1) is 12.9 Å². The third-order valence-electron chi connectivity index (χ3n) is 2.09. The van der Waals surface area contributed by atoms with Gasteiger partial charge in [0.25, 0.3) is 0 Å². The quantitative estimate of drug-likeness (QED) is 0.280. The largest absolute Gasteiger partial charge is 0.468 e. The maximum absolute atomic E-state index is 11.1. The van der Waals surface area contributed by atoms with Crippen molar-refractivity contribution in [2.45, 2.75) is 31.2 Å². The van der Waals surface area contributed by atoms with E-state index in [1.165, 1.54) is 18.9 Å². The third-order valence-corrected chi connectivity index (χ3v) is 2.97. The highest BCUT2D eigenvalue weighted by atomic mass is 32.2. The standard InChI is InChI=1S/C11H18N4O2S/c1-11(2,3)10-13-7(15-12)5-8(14-10)18-6-9(16)17-4/h5H,6,12H2,1-4H3,(H,13,14,15). The molecule has 0 atom stereocenters. The Morgan fingerprint density at radius 2 is 2.17 bits per heavy atom. The molecule has 18 heavy (non-hydrogen) atoms. The molecule has 7 heteroatoms. The summed E-state index contributed by atoms with van der Waals surface area (Å²) in [7, 11) is 1.36. The van der Waals surface area contributed by atoms with Gasteiger partial charge in [-0.3, -0.25) is 4.79 Å². The summed E-state index contributed by atoms with van der Waals surface area (Å²) < 4.78 is 4.58. The number of ether oxygens (including phenoxy) is 1. The summed E-state index contributed by atoms with van der Waals surface area (Å²) in [6.45, 7) is 6.03. The van der Waals surface area contributed by atoms with E-state index in [1.807, 2.05) is 20.8 Å². The van der Waals surface area contributed by atoms with Gasteiger partial charge in [0.15, 0.2) is 0 Å². The summed E-state index contributed by atoms with van der Waals surface area (Å²) in [5.74, 6) is 6.49. The SMILES string of the molecule is COC(=O)CSc1cc(NN)nc(C(C)(C)C)n1. The van der Waals surface area contributed by atoms with Gasteiger partial charge in [-0.05, 0) is 0 Å². The molecule has 6 nitrogen and oxygen atoms in total. The Bertz CT molecular complexity index is 432. The number of rotatable bonds is 4. The topological polar surface area (TPSA) is 90.1 Å². The zero-order valence-corrected chi connectivity index (χ0v) is 11.8. The molecule has 0 bridgehead atoms. The Morgan fingerprint density at radius 3 is 2.67 bits per heavy atom. The van der Waals surface area contributed by atoms with Crippen LogP contribution in [0.15, 0.2) is 11.1 Å². The first kappa shape index (κ1) is 14.7. The molecule has 0 aromatic carbocycles. The molecule has 3 N–H and O–H groups in total. The lowest BCUT2D eigenvalue weighted by atomic mass is 9.96. The van der Waals surface area contributed by atoms with Gasteiger partial charge in [-0.15, -0.1) is 0 Å². The lowest BCUT2D eigenvalue weighted by molar-refractivity contribution is -0.137. The summed E-state index contributed by atoms with van der Waals surface area (Å²) in [5, 5.41) is 0.688. The molecule has 0 unspecified atom stereocenters. The van der Waals surface area contributed by atoms with Gasteiger partial charge in [-0.25, -0.2) is 15.8 Å². The Kier molecular flexibility index (Phi) is 4.92. The number of thioether (sulfide) groups is 1. The van der Waals surface area contributed by atoms with Gasteiger partial charge in [0.2, 0.25) is 0 Å². The molecule has 0 spiro atoms. The van der Waals surface area contributed by atoms with Crippen molar-refractivity contribution in [2.75, 3.05) is 18.3 Å². The van der Waals surface area contributed by atoms with E-state index in [1.54, 1.807) is 6.07 Å². The molecule has 0 amide bonds. The lowest BCUT2D eigenvalue weighted by Crippen LogP contribution is -2.19. The molecule has 1 aromatic rings. The number of nitrogens with zero attached hydrogens (tertiary/aromatic N) is 2. The van der Waals surface area contributed by atoms with Gasteiger partial charge >= 0.3 is 5.97 Å². The first-order valence-electron chi connectivity index (χ1n) is 5.42. The molecule has 0 saturated carbocycles. The Hall–Kier alpha value is -1.34. The van der Waals surface area contributed by atoms with Crippen LogP contribution in [0.2, 0.25) is 0 Å². The van der Waals surface area contributed by atoms with E-state index >= 15 is 0 Å². The number of carbonyl (C=O) groups is 1. The van der Waals surface area contributed by atoms with E-state index in [0.29, 0.717) is 16.7 Å². The fourth-order valence-corrected chi connectivity index (χ4v) is 1.83. The average molecular weight is 270 g/mol. The number of nitrogen functional groups attached to an aromatic ring is 1. The molecule has 100 valence electrons. The van der Waals surface area contributed by atoms with Crippen molar-refractivity contribution < 1.29 is 9.53 Å². The zero-order valence-electron chi connectivity index (χ0n) is 11.0. The van der Waals surface area contributed by atoms with Crippen molar-refractivity contribution >= 4 is 23.5 Å². The highest BCUT2D eigenvalue weighted by Gasteiger charge is 2.19. The monoisotopic (exact) mass is 270 g/mol. The van der Waals surface area contributed by atoms with Crippen LogP contribution in [0.4, 0.5) is 5.82 Å². The van der Waals surface area contributed by atoms with E-state index in [4.69, 9.17) is 5.84 Å². The highest BCUT2D eigenvalue weighted by molar-refractivity contribution is 7.99. The smallest absolute Gasteiger partial charge is 0.316 e. The van der Waals surface area contributed by atoms with Gasteiger partial charge in [-0.1, -0.05) is 32.5 Å². The predicted molar refractivity (Wildman–Crippen MR) is 71.3 cm³/mol. The van der Waals surface area contributed by atoms with Crippen molar-refractivity contribution in [3.05, 3.63) is 11.9 Å². The second kappa shape index (κ2) is 6.01. The molecule has 1 rings (SSSR count). The fourth-order valence-electron chi connectivity index (χ4n) is 1.10. The van der Waals surface area contributed by atoms with Crippen LogP contribution in [0.1, 0.15) is 26.6 Å². The summed E-state index contributed by atoms with van der Waals surface area (Å²) >= 11 is 1.29. The molecular formula is C11H18N4O2S. The van der Waals surface area contributed by atoms with E-state index in [9.17, 15) is 4.79 Å². The number of methoxy groups -OCH3 is 1. The van der Waals surface area contributed by atoms with Gasteiger partial charge in [0.1, 0.15) is 16.7 Å². The fraction of sp³-hybridized carbons (Fsp3) is 0.545. The summed E-state index contributed by atoms with van der Waals surface area (Å²) in [6, 6.07) is 1.70. The number of carbonyl (C=O) groups excluding carboxylic acids is 1. The average Bonchev–Trinajstić information content (AvgIpc) is 2.34. The zero-order chi connectivity index (χ0) is 13.8. The minimum absolute atomic E-state index is 0.187. The van der Waals surface area contributed by atoms with Gasteiger partial charge in [0, 0.05) is 11.5 Å². The second-order valence-electron chi connectivity index (χ2n) is 4.67. The van der Waals surface area contributed by atoms with Crippen molar-refractivity contribution in [1.82, 2.24) is 9.97 Å². The first-order valence-corrected chi connectivity index (χ1v) is 6.41. The summed E-state index contributed by atoms with van der Waals surface area (Å²) in [5.41, 5.74) is 2.31. The van der Waals surface area contributed by atoms with E-state index < -0.39 is 0 Å². The van der Waals surface area contributed by atoms with Crippen LogP contribution in [0, 0.1) is 0 Å². The van der Waals surface area contributed by atoms with E-state index in [0.717, 1.165) is 0 Å². The van der Waals surface area contributed by atoms with Crippen molar-refractivity contribution in [2.24, 2.45) is 5.84 Å². The Balaban J connectivity index is 2.94. The number of anilines is 1. The first-order chi connectivity index (χ1) is 8.36. The van der Waals surface area contributed by atoms with Crippen LogP contribution >= 0.6 is 11.8 Å². The van der Waals surface area contributed by atoms with Gasteiger partial charge < -0.3 is 10.2 Å². The number of hydrogen-bond donors (Lipinski definition) is 2. The summed E-state index contributed by atoms with van der Waals surface area (Å²) in [4.78, 5) is 19.8. The van der Waals surface area contributed by atoms with Crippen molar-refractivity contribution in [3.63, 3.8) is 0 Å². The number of hydrazine groups is 1. The molecule has 0 aliphatic carbocycles. The van der Waals surface area contributed by atoms with Crippen LogP contribution in [0.3, 0.4) is 0 Å². The molecule has 1 aromatic heterocycles. The molecule has 0 aliphatic rings. The van der Waals surface area contributed by atoms with Gasteiger partial charge in [-0.2, -0.15) is 0 Å². The van der Waals surface area contributed by atoms with Crippen molar-refractivity contribution in [3.8, 4) is 0 Å². The minimum atomic E-state index is -0.293. The minimum Gasteiger partial charge on any atom is -0.468 e. The number of nitrogens with one attached hydrogen (secondary N) is 1. The maximum atomic E-state index is 11.1. The van der Waals surface area contributed by atoms with Crippen molar-refractivity contribution in [1.29, 1.82) is 0 Å².